The molecule has 1 aromatic heterocycles. The zero-order chi connectivity index (χ0) is 13.9. The summed E-state index contributed by atoms with van der Waals surface area (Å²) in [6.07, 6.45) is -0.00100. The Labute approximate surface area is 117 Å². The molecule has 106 valence electrons. The van der Waals surface area contributed by atoms with Crippen LogP contribution < -0.4 is 9.47 Å². The van der Waals surface area contributed by atoms with Crippen molar-refractivity contribution in [3.63, 3.8) is 0 Å². The molecule has 0 unspecified atom stereocenters. The summed E-state index contributed by atoms with van der Waals surface area (Å²) >= 11 is 0. The van der Waals surface area contributed by atoms with E-state index < -0.39 is 0 Å². The molecule has 2 aromatic rings. The van der Waals surface area contributed by atoms with Crippen molar-refractivity contribution in [2.75, 3.05) is 20.2 Å². The molecule has 1 aromatic carbocycles. The minimum atomic E-state index is -0.00100. The highest BCUT2D eigenvalue weighted by molar-refractivity contribution is 5.40. The molecular weight excluding hydrogens is 258 g/mol. The first-order valence-corrected chi connectivity index (χ1v) is 6.57. The van der Waals surface area contributed by atoms with Gasteiger partial charge >= 0.3 is 0 Å². The predicted molar refractivity (Wildman–Crippen MR) is 71.7 cm³/mol. The number of likely N-dealkylation sites (N-methyl/N-ethyl adjacent to an activating group) is 1. The Bertz CT molecular complexity index is 585. The summed E-state index contributed by atoms with van der Waals surface area (Å²) in [7, 11) is 1.99. The molecule has 6 nitrogen and oxygen atoms in total. The Hall–Kier alpha value is -2.08. The van der Waals surface area contributed by atoms with Crippen molar-refractivity contribution in [3.8, 4) is 11.5 Å². The Morgan fingerprint density at radius 3 is 2.85 bits per heavy atom. The molecule has 2 heterocycles. The molecule has 1 aliphatic rings. The van der Waals surface area contributed by atoms with Crippen molar-refractivity contribution in [3.05, 3.63) is 36.0 Å². The summed E-state index contributed by atoms with van der Waals surface area (Å²) in [5, 5.41) is 3.78. The Kier molecular flexibility index (Phi) is 3.56. The third-order valence-electron chi connectivity index (χ3n) is 3.06. The number of hydrogen-bond donors (Lipinski definition) is 0. The average Bonchev–Trinajstić information content (AvgIpc) is 2.83. The summed E-state index contributed by atoms with van der Waals surface area (Å²) in [6.45, 7) is 3.68. The number of fused-ring (bicyclic) bond motifs is 1. The second kappa shape index (κ2) is 5.50. The highest BCUT2D eigenvalue weighted by atomic mass is 16.6. The lowest BCUT2D eigenvalue weighted by Gasteiger charge is -2.29. The van der Waals surface area contributed by atoms with E-state index >= 15 is 0 Å². The van der Waals surface area contributed by atoms with Crippen molar-refractivity contribution in [1.29, 1.82) is 0 Å². The average molecular weight is 275 g/mol. The number of benzene rings is 1. The van der Waals surface area contributed by atoms with E-state index in [2.05, 4.69) is 15.0 Å². The highest BCUT2D eigenvalue weighted by Crippen LogP contribution is 2.30. The molecular formula is C14H17N3O3. The highest BCUT2D eigenvalue weighted by Gasteiger charge is 2.22. The lowest BCUT2D eigenvalue weighted by molar-refractivity contribution is 0.0613. The summed E-state index contributed by atoms with van der Waals surface area (Å²) in [5.41, 5.74) is 0. The van der Waals surface area contributed by atoms with Crippen LogP contribution in [0.5, 0.6) is 11.5 Å². The van der Waals surface area contributed by atoms with Gasteiger partial charge in [-0.05, 0) is 26.1 Å². The van der Waals surface area contributed by atoms with Crippen LogP contribution >= 0.6 is 0 Å². The molecule has 0 N–H and O–H groups in total. The van der Waals surface area contributed by atoms with Gasteiger partial charge in [-0.3, -0.25) is 4.90 Å². The van der Waals surface area contributed by atoms with Gasteiger partial charge in [-0.2, -0.15) is 4.98 Å². The maximum atomic E-state index is 5.91. The molecule has 1 aliphatic heterocycles. The molecule has 0 saturated heterocycles. The number of rotatable bonds is 4. The first kappa shape index (κ1) is 12.9. The van der Waals surface area contributed by atoms with Crippen molar-refractivity contribution >= 4 is 0 Å². The van der Waals surface area contributed by atoms with Crippen LogP contribution in [0, 0.1) is 6.92 Å². The van der Waals surface area contributed by atoms with Gasteiger partial charge in [0.2, 0.25) is 5.89 Å². The topological polar surface area (TPSA) is 60.6 Å². The Morgan fingerprint density at radius 1 is 1.30 bits per heavy atom. The van der Waals surface area contributed by atoms with Crippen LogP contribution in [0.2, 0.25) is 0 Å². The normalized spacial score (nSPS) is 17.4. The largest absolute Gasteiger partial charge is 0.486 e. The fourth-order valence-electron chi connectivity index (χ4n) is 2.20. The van der Waals surface area contributed by atoms with Gasteiger partial charge in [0.15, 0.2) is 17.3 Å². The van der Waals surface area contributed by atoms with E-state index in [1.807, 2.05) is 38.2 Å². The Balaban J connectivity index is 1.56. The van der Waals surface area contributed by atoms with Gasteiger partial charge in [-0.25, -0.2) is 0 Å². The van der Waals surface area contributed by atoms with E-state index in [1.54, 1.807) is 0 Å². The first-order valence-electron chi connectivity index (χ1n) is 6.57. The van der Waals surface area contributed by atoms with Gasteiger partial charge in [-0.15, -0.1) is 0 Å². The number of ether oxygens (including phenoxy) is 2. The lowest BCUT2D eigenvalue weighted by atomic mass is 10.2. The van der Waals surface area contributed by atoms with Crippen LogP contribution in [-0.2, 0) is 6.54 Å². The quantitative estimate of drug-likeness (QED) is 0.845. The second-order valence-electron chi connectivity index (χ2n) is 4.93. The molecule has 20 heavy (non-hydrogen) atoms. The molecule has 0 aliphatic carbocycles. The van der Waals surface area contributed by atoms with Crippen molar-refractivity contribution in [2.24, 2.45) is 0 Å². The molecule has 1 atom stereocenters. The molecule has 0 bridgehead atoms. The predicted octanol–water partition coefficient (Wildman–Crippen LogP) is 1.65. The number of hydrogen-bond acceptors (Lipinski definition) is 6. The third-order valence-corrected chi connectivity index (χ3v) is 3.06. The van der Waals surface area contributed by atoms with Crippen molar-refractivity contribution < 1.29 is 14.0 Å². The van der Waals surface area contributed by atoms with Crippen LogP contribution in [0.1, 0.15) is 11.7 Å². The number of aryl methyl sites for hydroxylation is 1. The second-order valence-corrected chi connectivity index (χ2v) is 4.93. The summed E-state index contributed by atoms with van der Waals surface area (Å²) < 4.78 is 16.7. The fourth-order valence-corrected chi connectivity index (χ4v) is 2.20. The van der Waals surface area contributed by atoms with E-state index in [-0.39, 0.29) is 6.10 Å². The SMILES string of the molecule is Cc1noc(CN(C)C[C@H]2COc3ccccc3O2)n1. The number of aromatic nitrogens is 2. The molecule has 3 rings (SSSR count). The van der Waals surface area contributed by atoms with Crippen molar-refractivity contribution in [2.45, 2.75) is 19.6 Å². The summed E-state index contributed by atoms with van der Waals surface area (Å²) in [4.78, 5) is 6.27. The van der Waals surface area contributed by atoms with E-state index in [4.69, 9.17) is 14.0 Å². The van der Waals surface area contributed by atoms with Crippen LogP contribution in [0.3, 0.4) is 0 Å². The summed E-state index contributed by atoms with van der Waals surface area (Å²) in [5.74, 6) is 2.87. The summed E-state index contributed by atoms with van der Waals surface area (Å²) in [6, 6.07) is 7.71. The lowest BCUT2D eigenvalue weighted by Crippen LogP contribution is -2.39. The van der Waals surface area contributed by atoms with E-state index in [0.29, 0.717) is 24.9 Å². The molecule has 0 radical (unpaired) electrons. The van der Waals surface area contributed by atoms with Crippen LogP contribution in [-0.4, -0.2) is 41.3 Å². The van der Waals surface area contributed by atoms with Crippen LogP contribution in [0.15, 0.2) is 28.8 Å². The smallest absolute Gasteiger partial charge is 0.240 e. The molecule has 0 spiro atoms. The Morgan fingerprint density at radius 2 is 2.10 bits per heavy atom. The zero-order valence-corrected chi connectivity index (χ0v) is 11.6. The maximum Gasteiger partial charge on any atom is 0.240 e. The molecule has 6 heteroatoms. The van der Waals surface area contributed by atoms with Crippen LogP contribution in [0.4, 0.5) is 0 Å². The standard InChI is InChI=1S/C14H17N3O3/c1-10-15-14(20-16-10)8-17(2)7-11-9-18-12-5-3-4-6-13(12)19-11/h3-6,11H,7-9H2,1-2H3/t11-/m0/s1. The minimum Gasteiger partial charge on any atom is -0.486 e. The number of para-hydroxylation sites is 2. The number of nitrogens with zero attached hydrogens (tertiary/aromatic N) is 3. The van der Waals surface area contributed by atoms with Gasteiger partial charge in [0, 0.05) is 6.54 Å². The first-order chi connectivity index (χ1) is 9.70. The van der Waals surface area contributed by atoms with Gasteiger partial charge in [-0.1, -0.05) is 17.3 Å². The zero-order valence-electron chi connectivity index (χ0n) is 11.6. The molecule has 0 fully saturated rings. The fraction of sp³-hybridized carbons (Fsp3) is 0.429. The van der Waals surface area contributed by atoms with Crippen LogP contribution in [0.25, 0.3) is 0 Å². The van der Waals surface area contributed by atoms with E-state index in [9.17, 15) is 0 Å². The van der Waals surface area contributed by atoms with Gasteiger partial charge in [0.1, 0.15) is 12.7 Å². The van der Waals surface area contributed by atoms with Gasteiger partial charge in [0.05, 0.1) is 6.54 Å². The van der Waals surface area contributed by atoms with E-state index in [1.165, 1.54) is 0 Å². The molecule has 0 saturated carbocycles. The third kappa shape index (κ3) is 2.91. The monoisotopic (exact) mass is 275 g/mol. The van der Waals surface area contributed by atoms with Gasteiger partial charge in [0.25, 0.3) is 0 Å². The minimum absolute atomic E-state index is 0.00100. The van der Waals surface area contributed by atoms with E-state index in [0.717, 1.165) is 18.0 Å². The van der Waals surface area contributed by atoms with Gasteiger partial charge < -0.3 is 14.0 Å². The maximum absolute atomic E-state index is 5.91. The molecule has 0 amide bonds. The van der Waals surface area contributed by atoms with Crippen molar-refractivity contribution in [1.82, 2.24) is 15.0 Å².